The molecule has 0 spiro atoms. The number of nitrogens with zero attached hydrogens (tertiary/aromatic N) is 1. The minimum absolute atomic E-state index is 0.131. The second-order valence-corrected chi connectivity index (χ2v) is 10.8. The highest BCUT2D eigenvalue weighted by Crippen LogP contribution is 2.29. The van der Waals surface area contributed by atoms with Crippen molar-refractivity contribution in [1.82, 2.24) is 9.62 Å². The van der Waals surface area contributed by atoms with Gasteiger partial charge in [0.05, 0.1) is 11.7 Å². The van der Waals surface area contributed by atoms with Gasteiger partial charge in [-0.1, -0.05) is 71.7 Å². The molecule has 3 aromatic rings. The predicted octanol–water partition coefficient (Wildman–Crippen LogP) is 5.00. The van der Waals surface area contributed by atoms with Gasteiger partial charge in [0, 0.05) is 35.2 Å². The average molecular weight is 491 g/mol. The third-order valence-electron chi connectivity index (χ3n) is 5.87. The van der Waals surface area contributed by atoms with Crippen molar-refractivity contribution in [2.45, 2.75) is 25.1 Å². The highest BCUT2D eigenvalue weighted by Gasteiger charge is 2.33. The van der Waals surface area contributed by atoms with Crippen LogP contribution in [0.1, 0.15) is 24.0 Å². The highest BCUT2D eigenvalue weighted by atomic mass is 35.5. The minimum Gasteiger partial charge on any atom is -0.352 e. The monoisotopic (exact) mass is 490 g/mol. The maximum Gasteiger partial charge on any atom is 0.224 e. The number of carbonyl (C=O) groups is 1. The minimum atomic E-state index is -3.66. The van der Waals surface area contributed by atoms with Crippen molar-refractivity contribution in [3.63, 3.8) is 0 Å². The lowest BCUT2D eigenvalue weighted by Gasteiger charge is -2.31. The fourth-order valence-electron chi connectivity index (χ4n) is 4.13. The predicted molar refractivity (Wildman–Crippen MR) is 129 cm³/mol. The normalized spacial score (nSPS) is 17.4. The van der Waals surface area contributed by atoms with Crippen LogP contribution in [0.15, 0.2) is 60.7 Å². The largest absolute Gasteiger partial charge is 0.352 e. The molecule has 0 radical (unpaired) electrons. The number of carbonyl (C=O) groups excluding carboxylic acids is 1. The summed E-state index contributed by atoms with van der Waals surface area (Å²) in [5.41, 5.74) is 1.42. The molecule has 1 saturated heterocycles. The number of amides is 1. The van der Waals surface area contributed by atoms with Crippen LogP contribution in [0.25, 0.3) is 10.8 Å². The Morgan fingerprint density at radius 1 is 1.00 bits per heavy atom. The van der Waals surface area contributed by atoms with Crippen molar-refractivity contribution in [2.75, 3.05) is 13.1 Å². The molecule has 1 heterocycles. The van der Waals surface area contributed by atoms with Gasteiger partial charge >= 0.3 is 0 Å². The van der Waals surface area contributed by atoms with E-state index < -0.39 is 15.9 Å². The summed E-state index contributed by atoms with van der Waals surface area (Å²) in [7, 11) is -3.66. The molecule has 3 aromatic carbocycles. The van der Waals surface area contributed by atoms with Crippen LogP contribution < -0.4 is 5.32 Å². The van der Waals surface area contributed by atoms with E-state index in [4.69, 9.17) is 23.2 Å². The molecule has 168 valence electrons. The standard InChI is InChI=1S/C24H24Cl2N2O3S/c25-22-11-4-12-23(26)21(22)16-32(30,31)28-13-5-9-19(15-28)24(29)27-14-18-8-3-7-17-6-1-2-10-20(17)18/h1-4,6-8,10-12,19H,5,9,13-16H2,(H,27,29). The van der Waals surface area contributed by atoms with Gasteiger partial charge in [0.25, 0.3) is 0 Å². The molecule has 1 amide bonds. The van der Waals surface area contributed by atoms with Gasteiger partial charge < -0.3 is 5.32 Å². The number of rotatable bonds is 6. The lowest BCUT2D eigenvalue weighted by Crippen LogP contribution is -2.45. The van der Waals surface area contributed by atoms with Crippen molar-refractivity contribution in [2.24, 2.45) is 5.92 Å². The Balaban J connectivity index is 1.42. The van der Waals surface area contributed by atoms with Gasteiger partial charge in [-0.2, -0.15) is 0 Å². The van der Waals surface area contributed by atoms with E-state index in [0.29, 0.717) is 41.5 Å². The summed E-state index contributed by atoms with van der Waals surface area (Å²) in [4.78, 5) is 12.9. The molecule has 1 atom stereocenters. The van der Waals surface area contributed by atoms with Crippen LogP contribution in [0.5, 0.6) is 0 Å². The van der Waals surface area contributed by atoms with E-state index in [0.717, 1.165) is 16.3 Å². The van der Waals surface area contributed by atoms with Crippen molar-refractivity contribution < 1.29 is 13.2 Å². The lowest BCUT2D eigenvalue weighted by molar-refractivity contribution is -0.126. The van der Waals surface area contributed by atoms with E-state index in [1.165, 1.54) is 4.31 Å². The van der Waals surface area contributed by atoms with E-state index >= 15 is 0 Å². The van der Waals surface area contributed by atoms with Crippen LogP contribution in [0.4, 0.5) is 0 Å². The van der Waals surface area contributed by atoms with E-state index in [1.54, 1.807) is 18.2 Å². The summed E-state index contributed by atoms with van der Waals surface area (Å²) in [6.07, 6.45) is 1.28. The lowest BCUT2D eigenvalue weighted by atomic mass is 9.98. The summed E-state index contributed by atoms with van der Waals surface area (Å²) in [6.45, 7) is 0.946. The molecule has 0 aliphatic carbocycles. The average Bonchev–Trinajstić information content (AvgIpc) is 2.80. The van der Waals surface area contributed by atoms with Crippen LogP contribution >= 0.6 is 23.2 Å². The number of sulfonamides is 1. The third kappa shape index (κ3) is 5.09. The van der Waals surface area contributed by atoms with Crippen molar-refractivity contribution in [3.8, 4) is 0 Å². The second kappa shape index (κ2) is 9.79. The molecular weight excluding hydrogens is 467 g/mol. The van der Waals surface area contributed by atoms with Crippen LogP contribution in [0.3, 0.4) is 0 Å². The smallest absolute Gasteiger partial charge is 0.224 e. The summed E-state index contributed by atoms with van der Waals surface area (Å²) >= 11 is 12.3. The molecule has 5 nitrogen and oxygen atoms in total. The SMILES string of the molecule is O=C(NCc1cccc2ccccc12)C1CCCN(S(=O)(=O)Cc2c(Cl)cccc2Cl)C1. The molecule has 0 aromatic heterocycles. The molecule has 1 N–H and O–H groups in total. The molecule has 1 unspecified atom stereocenters. The number of piperidine rings is 1. The van der Waals surface area contributed by atoms with Gasteiger partial charge in [-0.05, 0) is 41.3 Å². The van der Waals surface area contributed by atoms with Gasteiger partial charge in [0.2, 0.25) is 15.9 Å². The summed E-state index contributed by atoms with van der Waals surface area (Å²) in [5.74, 6) is -0.806. The van der Waals surface area contributed by atoms with E-state index in [-0.39, 0.29) is 18.2 Å². The fraction of sp³-hybridized carbons (Fsp3) is 0.292. The maximum atomic E-state index is 13.0. The highest BCUT2D eigenvalue weighted by molar-refractivity contribution is 7.88. The van der Waals surface area contributed by atoms with E-state index in [2.05, 4.69) is 5.32 Å². The number of hydrogen-bond donors (Lipinski definition) is 1. The summed E-state index contributed by atoms with van der Waals surface area (Å²) < 4.78 is 27.4. The third-order valence-corrected chi connectivity index (χ3v) is 8.35. The molecule has 1 aliphatic heterocycles. The molecule has 0 saturated carbocycles. The Morgan fingerprint density at radius 2 is 1.69 bits per heavy atom. The molecule has 4 rings (SSSR count). The quantitative estimate of drug-likeness (QED) is 0.528. The van der Waals surface area contributed by atoms with Crippen LogP contribution in [-0.2, 0) is 27.1 Å². The molecule has 0 bridgehead atoms. The van der Waals surface area contributed by atoms with Crippen LogP contribution in [0, 0.1) is 5.92 Å². The van der Waals surface area contributed by atoms with Gasteiger partial charge in [0.15, 0.2) is 0 Å². The van der Waals surface area contributed by atoms with Gasteiger partial charge in [0.1, 0.15) is 0 Å². The Hall–Kier alpha value is -2.12. The van der Waals surface area contributed by atoms with Crippen LogP contribution in [-0.4, -0.2) is 31.7 Å². The molecule has 8 heteroatoms. The van der Waals surface area contributed by atoms with Gasteiger partial charge in [-0.3, -0.25) is 4.79 Å². The summed E-state index contributed by atoms with van der Waals surface area (Å²) in [6, 6.07) is 19.0. The van der Waals surface area contributed by atoms with Gasteiger partial charge in [-0.25, -0.2) is 12.7 Å². The first kappa shape index (κ1) is 23.1. The topological polar surface area (TPSA) is 66.5 Å². The molecule has 1 fully saturated rings. The fourth-order valence-corrected chi connectivity index (χ4v) is 6.49. The van der Waals surface area contributed by atoms with Gasteiger partial charge in [-0.15, -0.1) is 0 Å². The zero-order chi connectivity index (χ0) is 22.7. The Bertz CT molecular complexity index is 1220. The number of halogens is 2. The Morgan fingerprint density at radius 3 is 2.47 bits per heavy atom. The van der Waals surface area contributed by atoms with Crippen molar-refractivity contribution >= 4 is 49.9 Å². The number of hydrogen-bond acceptors (Lipinski definition) is 3. The molecular formula is C24H24Cl2N2O3S. The van der Waals surface area contributed by atoms with Crippen molar-refractivity contribution in [3.05, 3.63) is 81.8 Å². The van der Waals surface area contributed by atoms with E-state index in [1.807, 2.05) is 42.5 Å². The number of benzene rings is 3. The first-order chi connectivity index (χ1) is 15.3. The van der Waals surface area contributed by atoms with Crippen molar-refractivity contribution in [1.29, 1.82) is 0 Å². The molecule has 32 heavy (non-hydrogen) atoms. The maximum absolute atomic E-state index is 13.0. The molecule has 1 aliphatic rings. The number of fused-ring (bicyclic) bond motifs is 1. The first-order valence-electron chi connectivity index (χ1n) is 10.5. The number of nitrogens with one attached hydrogen (secondary N) is 1. The van der Waals surface area contributed by atoms with E-state index in [9.17, 15) is 13.2 Å². The summed E-state index contributed by atoms with van der Waals surface area (Å²) in [5, 5.41) is 5.86. The second-order valence-electron chi connectivity index (χ2n) is 8.01. The zero-order valence-corrected chi connectivity index (χ0v) is 19.8. The Labute approximate surface area is 198 Å². The Kier molecular flexibility index (Phi) is 7.05. The first-order valence-corrected chi connectivity index (χ1v) is 12.9. The van der Waals surface area contributed by atoms with Crippen LogP contribution in [0.2, 0.25) is 10.0 Å². The zero-order valence-electron chi connectivity index (χ0n) is 17.4.